The molecule has 1 N–H and O–H groups in total. The second-order valence-electron chi connectivity index (χ2n) is 7.23. The summed E-state index contributed by atoms with van der Waals surface area (Å²) in [5.41, 5.74) is 0.144. The summed E-state index contributed by atoms with van der Waals surface area (Å²) in [7, 11) is 0. The van der Waals surface area contributed by atoms with Crippen molar-refractivity contribution in [2.45, 2.75) is 47.0 Å². The molecule has 2 fully saturated rings. The molecule has 2 aliphatic heterocycles. The Kier molecular flexibility index (Phi) is 3.72. The lowest BCUT2D eigenvalue weighted by molar-refractivity contribution is -0.147. The Hall–Kier alpha value is -0.570. The number of amides is 1. The predicted octanol–water partition coefficient (Wildman–Crippen LogP) is 2.27. The normalized spacial score (nSPS) is 31.9. The van der Waals surface area contributed by atoms with Gasteiger partial charge in [0.25, 0.3) is 0 Å². The fourth-order valence-electron chi connectivity index (χ4n) is 3.55. The highest BCUT2D eigenvalue weighted by atomic mass is 16.2. The molecule has 1 unspecified atom stereocenters. The van der Waals surface area contributed by atoms with Gasteiger partial charge in [-0.25, -0.2) is 0 Å². The molecule has 2 heterocycles. The van der Waals surface area contributed by atoms with Crippen LogP contribution in [0.1, 0.15) is 47.0 Å². The van der Waals surface area contributed by atoms with Gasteiger partial charge in [-0.2, -0.15) is 0 Å². The van der Waals surface area contributed by atoms with Gasteiger partial charge in [0.05, 0.1) is 5.41 Å². The van der Waals surface area contributed by atoms with E-state index in [4.69, 9.17) is 0 Å². The van der Waals surface area contributed by atoms with E-state index < -0.39 is 0 Å². The van der Waals surface area contributed by atoms with Crippen molar-refractivity contribution in [3.05, 3.63) is 0 Å². The highest BCUT2D eigenvalue weighted by Gasteiger charge is 2.47. The minimum Gasteiger partial charge on any atom is -0.342 e. The van der Waals surface area contributed by atoms with Gasteiger partial charge < -0.3 is 10.2 Å². The highest BCUT2D eigenvalue weighted by molar-refractivity contribution is 5.84. The average Bonchev–Trinajstić information content (AvgIpc) is 2.76. The van der Waals surface area contributed by atoms with Gasteiger partial charge in [-0.1, -0.05) is 27.7 Å². The Morgan fingerprint density at radius 1 is 1.28 bits per heavy atom. The molecule has 0 aliphatic carbocycles. The highest BCUT2D eigenvalue weighted by Crippen LogP contribution is 2.38. The fraction of sp³-hybridized carbons (Fsp3) is 0.933. The topological polar surface area (TPSA) is 32.3 Å². The van der Waals surface area contributed by atoms with Gasteiger partial charge in [0.1, 0.15) is 0 Å². The van der Waals surface area contributed by atoms with Crippen LogP contribution in [0.3, 0.4) is 0 Å². The van der Waals surface area contributed by atoms with Crippen molar-refractivity contribution in [3.8, 4) is 0 Å². The number of nitrogens with zero attached hydrogens (tertiary/aromatic N) is 1. The van der Waals surface area contributed by atoms with E-state index in [1.54, 1.807) is 0 Å². The van der Waals surface area contributed by atoms with Crippen LogP contribution >= 0.6 is 0 Å². The minimum atomic E-state index is -0.145. The molecule has 0 aromatic heterocycles. The Bertz CT molecular complexity index is 316. The number of piperidine rings is 1. The zero-order chi connectivity index (χ0) is 13.4. The number of nitrogens with one attached hydrogen (secondary N) is 1. The van der Waals surface area contributed by atoms with Crippen LogP contribution in [0.4, 0.5) is 0 Å². The Labute approximate surface area is 111 Å². The van der Waals surface area contributed by atoms with Gasteiger partial charge >= 0.3 is 0 Å². The second-order valence-corrected chi connectivity index (χ2v) is 7.23. The van der Waals surface area contributed by atoms with Crippen LogP contribution in [0.25, 0.3) is 0 Å². The third-order valence-electron chi connectivity index (χ3n) is 4.91. The molecule has 1 amide bonds. The van der Waals surface area contributed by atoms with Crippen molar-refractivity contribution < 1.29 is 4.79 Å². The molecular weight excluding hydrogens is 224 g/mol. The molecule has 0 bridgehead atoms. The third-order valence-corrected chi connectivity index (χ3v) is 4.91. The molecule has 104 valence electrons. The van der Waals surface area contributed by atoms with Gasteiger partial charge in [-0.05, 0) is 37.1 Å². The first-order valence-electron chi connectivity index (χ1n) is 7.37. The van der Waals surface area contributed by atoms with E-state index in [-0.39, 0.29) is 10.8 Å². The molecule has 0 radical (unpaired) electrons. The second kappa shape index (κ2) is 4.84. The van der Waals surface area contributed by atoms with Crippen LogP contribution in [0, 0.1) is 16.7 Å². The number of rotatable bonds is 2. The largest absolute Gasteiger partial charge is 0.342 e. The van der Waals surface area contributed by atoms with E-state index in [2.05, 4.69) is 37.9 Å². The molecule has 3 heteroatoms. The quantitative estimate of drug-likeness (QED) is 0.817. The Morgan fingerprint density at radius 3 is 2.50 bits per heavy atom. The van der Waals surface area contributed by atoms with Crippen molar-refractivity contribution in [1.29, 1.82) is 0 Å². The summed E-state index contributed by atoms with van der Waals surface area (Å²) in [6.45, 7) is 12.7. The monoisotopic (exact) mass is 252 g/mol. The number of carbonyl (C=O) groups is 1. The smallest absolute Gasteiger partial charge is 0.230 e. The average molecular weight is 252 g/mol. The Balaban J connectivity index is 2.14. The lowest BCUT2D eigenvalue weighted by atomic mass is 9.74. The molecule has 0 saturated carbocycles. The molecule has 3 nitrogen and oxygen atoms in total. The summed E-state index contributed by atoms with van der Waals surface area (Å²) >= 11 is 0. The number of carbonyl (C=O) groups excluding carboxylic acids is 1. The fourth-order valence-corrected chi connectivity index (χ4v) is 3.55. The molecule has 2 saturated heterocycles. The van der Waals surface area contributed by atoms with E-state index >= 15 is 0 Å². The van der Waals surface area contributed by atoms with Crippen molar-refractivity contribution in [1.82, 2.24) is 10.2 Å². The number of likely N-dealkylation sites (tertiary alicyclic amines) is 1. The van der Waals surface area contributed by atoms with E-state index in [9.17, 15) is 4.79 Å². The van der Waals surface area contributed by atoms with Crippen molar-refractivity contribution in [2.24, 2.45) is 16.7 Å². The summed E-state index contributed by atoms with van der Waals surface area (Å²) < 4.78 is 0. The van der Waals surface area contributed by atoms with Crippen molar-refractivity contribution in [3.63, 3.8) is 0 Å². The predicted molar refractivity (Wildman–Crippen MR) is 74.4 cm³/mol. The molecule has 2 aliphatic rings. The maximum atomic E-state index is 12.9. The van der Waals surface area contributed by atoms with E-state index in [0.29, 0.717) is 11.8 Å². The summed E-state index contributed by atoms with van der Waals surface area (Å²) in [4.78, 5) is 15.1. The minimum absolute atomic E-state index is 0.145. The summed E-state index contributed by atoms with van der Waals surface area (Å²) in [6.07, 6.45) is 3.39. The lowest BCUT2D eigenvalue weighted by Gasteiger charge is -2.43. The summed E-state index contributed by atoms with van der Waals surface area (Å²) in [5, 5.41) is 3.39. The molecule has 0 aromatic carbocycles. The standard InChI is InChI=1S/C15H28N2O/c1-12(2)15(7-8-16-10-15)13(18)17-9-5-6-14(3,4)11-17/h12,16H,5-11H2,1-4H3. The van der Waals surface area contributed by atoms with Gasteiger partial charge in [-0.15, -0.1) is 0 Å². The van der Waals surface area contributed by atoms with Gasteiger partial charge in [-0.3, -0.25) is 4.79 Å². The summed E-state index contributed by atoms with van der Waals surface area (Å²) in [6, 6.07) is 0. The zero-order valence-electron chi connectivity index (χ0n) is 12.4. The van der Waals surface area contributed by atoms with Crippen LogP contribution in [0.2, 0.25) is 0 Å². The maximum Gasteiger partial charge on any atom is 0.230 e. The molecule has 2 rings (SSSR count). The van der Waals surface area contributed by atoms with Gasteiger partial charge in [0, 0.05) is 19.6 Å². The number of hydrogen-bond donors (Lipinski definition) is 1. The van der Waals surface area contributed by atoms with E-state index in [1.165, 1.54) is 6.42 Å². The maximum absolute atomic E-state index is 12.9. The van der Waals surface area contributed by atoms with Crippen LogP contribution in [-0.2, 0) is 4.79 Å². The van der Waals surface area contributed by atoms with Crippen LogP contribution in [0.15, 0.2) is 0 Å². The van der Waals surface area contributed by atoms with Crippen LogP contribution in [-0.4, -0.2) is 37.0 Å². The van der Waals surface area contributed by atoms with Crippen molar-refractivity contribution >= 4 is 5.91 Å². The SMILES string of the molecule is CC(C)C1(C(=O)N2CCCC(C)(C)C2)CCNC1. The Morgan fingerprint density at radius 2 is 2.00 bits per heavy atom. The molecule has 1 atom stereocenters. The molecule has 18 heavy (non-hydrogen) atoms. The first-order chi connectivity index (χ1) is 8.37. The van der Waals surface area contributed by atoms with Crippen molar-refractivity contribution in [2.75, 3.05) is 26.2 Å². The van der Waals surface area contributed by atoms with Crippen LogP contribution in [0.5, 0.6) is 0 Å². The van der Waals surface area contributed by atoms with E-state index in [1.807, 2.05) is 0 Å². The zero-order valence-corrected chi connectivity index (χ0v) is 12.4. The first kappa shape index (κ1) is 13.9. The van der Waals surface area contributed by atoms with Gasteiger partial charge in [0.2, 0.25) is 5.91 Å². The molecular formula is C15H28N2O. The third kappa shape index (κ3) is 2.42. The van der Waals surface area contributed by atoms with Gasteiger partial charge in [0.15, 0.2) is 0 Å². The molecule has 0 aromatic rings. The lowest BCUT2D eigenvalue weighted by Crippen LogP contribution is -2.52. The summed E-state index contributed by atoms with van der Waals surface area (Å²) in [5.74, 6) is 0.820. The van der Waals surface area contributed by atoms with E-state index in [0.717, 1.165) is 39.0 Å². The molecule has 0 spiro atoms. The first-order valence-corrected chi connectivity index (χ1v) is 7.37. The number of hydrogen-bond acceptors (Lipinski definition) is 2. The van der Waals surface area contributed by atoms with Crippen LogP contribution < -0.4 is 5.32 Å².